The van der Waals surface area contributed by atoms with Crippen molar-refractivity contribution >= 4 is 5.97 Å². The molecule has 1 unspecified atom stereocenters. The summed E-state index contributed by atoms with van der Waals surface area (Å²) >= 11 is 0. The minimum Gasteiger partial charge on any atom is -0.458 e. The Morgan fingerprint density at radius 1 is 1.27 bits per heavy atom. The highest BCUT2D eigenvalue weighted by atomic mass is 16.7. The van der Waals surface area contributed by atoms with Crippen molar-refractivity contribution < 1.29 is 24.1 Å². The number of carbonyl (C=O) groups excluding carboxylic acids is 1. The van der Waals surface area contributed by atoms with Crippen LogP contribution in [-0.4, -0.2) is 47.2 Å². The number of aliphatic hydroxyl groups is 1. The van der Waals surface area contributed by atoms with Gasteiger partial charge < -0.3 is 19.3 Å². The molecule has 3 saturated carbocycles. The Morgan fingerprint density at radius 3 is 2.85 bits per heavy atom. The number of esters is 1. The van der Waals surface area contributed by atoms with Gasteiger partial charge in [0.2, 0.25) is 0 Å². The van der Waals surface area contributed by atoms with Crippen LogP contribution in [0.15, 0.2) is 11.1 Å². The first-order chi connectivity index (χ1) is 12.3. The molecule has 5 nitrogen and oxygen atoms in total. The second-order valence-corrected chi connectivity index (χ2v) is 10.4. The first-order valence-corrected chi connectivity index (χ1v) is 10.3. The number of rotatable bonds is 1. The van der Waals surface area contributed by atoms with Gasteiger partial charge in [-0.3, -0.25) is 0 Å². The lowest BCUT2D eigenvalue weighted by Gasteiger charge is -2.56. The predicted molar refractivity (Wildman–Crippen MR) is 90.0 cm³/mol. The van der Waals surface area contributed by atoms with Crippen LogP contribution in [0, 0.1) is 28.6 Å². The Bertz CT molecular complexity index is 817. The molecule has 7 aliphatic rings. The Hall–Kier alpha value is -0.910. The van der Waals surface area contributed by atoms with E-state index in [0.717, 1.165) is 31.3 Å². The highest BCUT2D eigenvalue weighted by molar-refractivity contribution is 5.92. The van der Waals surface area contributed by atoms with E-state index in [1.54, 1.807) is 0 Å². The molecule has 2 saturated heterocycles. The maximum atomic E-state index is 12.1. The lowest BCUT2D eigenvalue weighted by molar-refractivity contribution is -0.136. The maximum absolute atomic E-state index is 12.1. The zero-order chi connectivity index (χ0) is 17.9. The van der Waals surface area contributed by atoms with Crippen molar-refractivity contribution in [1.82, 2.24) is 0 Å². The van der Waals surface area contributed by atoms with E-state index in [9.17, 15) is 9.90 Å². The third-order valence-electron chi connectivity index (χ3n) is 9.84. The second-order valence-electron chi connectivity index (χ2n) is 10.4. The average molecular weight is 358 g/mol. The molecule has 140 valence electrons. The molecule has 7 rings (SSSR count). The first kappa shape index (κ1) is 15.1. The molecule has 3 heterocycles. The zero-order valence-corrected chi connectivity index (χ0v) is 15.6. The van der Waals surface area contributed by atoms with Crippen LogP contribution >= 0.6 is 0 Å². The van der Waals surface area contributed by atoms with E-state index in [0.29, 0.717) is 24.4 Å². The highest BCUT2D eigenvalue weighted by Gasteiger charge is 2.98. The monoisotopic (exact) mass is 358 g/mol. The summed E-state index contributed by atoms with van der Waals surface area (Å²) in [5.41, 5.74) is 1.43. The van der Waals surface area contributed by atoms with Gasteiger partial charge in [0.05, 0.1) is 12.2 Å². The van der Waals surface area contributed by atoms with Crippen LogP contribution in [0.2, 0.25) is 0 Å². The van der Waals surface area contributed by atoms with E-state index < -0.39 is 17.3 Å². The summed E-state index contributed by atoms with van der Waals surface area (Å²) in [6.45, 7) is 7.20. The Morgan fingerprint density at radius 2 is 2.08 bits per heavy atom. The van der Waals surface area contributed by atoms with E-state index in [-0.39, 0.29) is 29.0 Å². The van der Waals surface area contributed by atoms with Crippen LogP contribution in [0.25, 0.3) is 0 Å². The van der Waals surface area contributed by atoms with Crippen molar-refractivity contribution in [3.63, 3.8) is 0 Å². The Kier molecular flexibility index (Phi) is 2.21. The molecule has 0 amide bonds. The van der Waals surface area contributed by atoms with Gasteiger partial charge in [-0.15, -0.1) is 0 Å². The largest absolute Gasteiger partial charge is 0.458 e. The molecular formula is C21H26O5. The standard InChI is InChI=1S/C21H26O5/c1-9(2)20-15(26-20)13-7-19(13)18(3)5-4-10-11(8-24-16(10)22)12(18)6-14-21(19,25-14)17(20)23/h9,12-15,17,23H,4-8H2,1-3H3/t12-,13-,14?,15-,17+,18-,19-,20-,21+/m0/s1. The van der Waals surface area contributed by atoms with Crippen molar-refractivity contribution in [2.45, 2.75) is 76.0 Å². The second kappa shape index (κ2) is 3.81. The summed E-state index contributed by atoms with van der Waals surface area (Å²) in [7, 11) is 0. The molecule has 0 aromatic carbocycles. The molecule has 0 radical (unpaired) electrons. The van der Waals surface area contributed by atoms with Crippen molar-refractivity contribution in [2.24, 2.45) is 28.6 Å². The minimum atomic E-state index is -0.529. The number of fused-ring (bicyclic) bond motifs is 4. The number of ether oxygens (including phenoxy) is 3. The molecule has 5 heteroatoms. The smallest absolute Gasteiger partial charge is 0.334 e. The maximum Gasteiger partial charge on any atom is 0.334 e. The molecular weight excluding hydrogens is 332 g/mol. The SMILES string of the molecule is CC(C)[C@]12O[C@H]1[C@@H]1C[C@@]13[C@@]1(C)CCC4=C(COC4=O)[C@@H]1CC1O[C@@]13[C@@H]2O. The number of cyclic esters (lactones) is 1. The normalized spacial score (nSPS) is 63.1. The lowest BCUT2D eigenvalue weighted by Crippen LogP contribution is -2.64. The molecule has 26 heavy (non-hydrogen) atoms. The third kappa shape index (κ3) is 1.15. The fourth-order valence-corrected chi connectivity index (χ4v) is 8.54. The Labute approximate surface area is 153 Å². The van der Waals surface area contributed by atoms with Gasteiger partial charge in [-0.05, 0) is 54.4 Å². The van der Waals surface area contributed by atoms with Crippen molar-refractivity contribution in [1.29, 1.82) is 0 Å². The average Bonchev–Trinajstić information content (AvgIpc) is 3.47. The van der Waals surface area contributed by atoms with E-state index >= 15 is 0 Å². The van der Waals surface area contributed by atoms with Crippen molar-refractivity contribution in [3.8, 4) is 0 Å². The van der Waals surface area contributed by atoms with E-state index in [1.807, 2.05) is 0 Å². The van der Waals surface area contributed by atoms with Crippen LogP contribution in [0.5, 0.6) is 0 Å². The summed E-state index contributed by atoms with van der Waals surface area (Å²) in [6.07, 6.45) is 3.57. The quantitative estimate of drug-likeness (QED) is 0.573. The number of hydrogen-bond donors (Lipinski definition) is 1. The molecule has 9 atom stereocenters. The van der Waals surface area contributed by atoms with Gasteiger partial charge >= 0.3 is 5.97 Å². The highest BCUT2D eigenvalue weighted by Crippen LogP contribution is 2.89. The summed E-state index contributed by atoms with van der Waals surface area (Å²) in [5.74, 6) is 1.04. The van der Waals surface area contributed by atoms with E-state index in [1.165, 1.54) is 5.57 Å². The summed E-state index contributed by atoms with van der Waals surface area (Å²) in [5, 5.41) is 11.5. The molecule has 0 aromatic rings. The fraction of sp³-hybridized carbons (Fsp3) is 0.857. The van der Waals surface area contributed by atoms with Crippen molar-refractivity contribution in [2.75, 3.05) is 6.61 Å². The Balaban J connectivity index is 1.39. The lowest BCUT2D eigenvalue weighted by atomic mass is 9.45. The summed E-state index contributed by atoms with van der Waals surface area (Å²) in [6, 6.07) is 0. The summed E-state index contributed by atoms with van der Waals surface area (Å²) < 4.78 is 18.1. The van der Waals surface area contributed by atoms with E-state index in [2.05, 4.69) is 20.8 Å². The topological polar surface area (TPSA) is 71.6 Å². The number of aliphatic hydroxyl groups excluding tert-OH is 1. The van der Waals surface area contributed by atoms with Crippen LogP contribution in [0.4, 0.5) is 0 Å². The fourth-order valence-electron chi connectivity index (χ4n) is 8.54. The first-order valence-electron chi connectivity index (χ1n) is 10.3. The van der Waals surface area contributed by atoms with Crippen LogP contribution in [0.1, 0.15) is 46.5 Å². The predicted octanol–water partition coefficient (Wildman–Crippen LogP) is 1.97. The zero-order valence-electron chi connectivity index (χ0n) is 15.6. The molecule has 0 bridgehead atoms. The molecule has 4 aliphatic carbocycles. The van der Waals surface area contributed by atoms with E-state index in [4.69, 9.17) is 14.2 Å². The summed E-state index contributed by atoms with van der Waals surface area (Å²) in [4.78, 5) is 12.1. The van der Waals surface area contributed by atoms with Crippen LogP contribution < -0.4 is 0 Å². The van der Waals surface area contributed by atoms with Crippen molar-refractivity contribution in [3.05, 3.63) is 11.1 Å². The number of epoxide rings is 2. The van der Waals surface area contributed by atoms with Crippen LogP contribution in [-0.2, 0) is 19.0 Å². The molecule has 0 aromatic heterocycles. The molecule has 1 N–H and O–H groups in total. The van der Waals surface area contributed by atoms with Gasteiger partial charge in [-0.1, -0.05) is 20.8 Å². The number of carbonyl (C=O) groups is 1. The molecule has 2 spiro atoms. The third-order valence-corrected chi connectivity index (χ3v) is 9.84. The van der Waals surface area contributed by atoms with Gasteiger partial charge in [0.25, 0.3) is 0 Å². The minimum absolute atomic E-state index is 0.0106. The number of hydrogen-bond acceptors (Lipinski definition) is 5. The van der Waals surface area contributed by atoms with Gasteiger partial charge in [-0.25, -0.2) is 4.79 Å². The van der Waals surface area contributed by atoms with Gasteiger partial charge in [0.1, 0.15) is 23.9 Å². The van der Waals surface area contributed by atoms with Gasteiger partial charge in [0, 0.05) is 11.0 Å². The molecule has 5 fully saturated rings. The van der Waals surface area contributed by atoms with Gasteiger partial charge in [0.15, 0.2) is 0 Å². The van der Waals surface area contributed by atoms with Gasteiger partial charge in [-0.2, -0.15) is 0 Å². The molecule has 3 aliphatic heterocycles. The van der Waals surface area contributed by atoms with Crippen LogP contribution in [0.3, 0.4) is 0 Å².